The van der Waals surface area contributed by atoms with E-state index in [1.54, 1.807) is 20.8 Å². The van der Waals surface area contributed by atoms with Gasteiger partial charge in [-0.15, -0.1) is 0 Å². The van der Waals surface area contributed by atoms with Crippen molar-refractivity contribution >= 4 is 58.5 Å². The van der Waals surface area contributed by atoms with E-state index in [-0.39, 0.29) is 80.9 Å². The summed E-state index contributed by atoms with van der Waals surface area (Å²) >= 11 is 16.1. The van der Waals surface area contributed by atoms with Crippen molar-refractivity contribution in [3.05, 3.63) is 88.4 Å². The van der Waals surface area contributed by atoms with E-state index < -0.39 is 23.3 Å². The van der Waals surface area contributed by atoms with Crippen LogP contribution in [0.1, 0.15) is 72.1 Å². The molecule has 0 saturated heterocycles. The zero-order valence-corrected chi connectivity index (χ0v) is 36.1. The van der Waals surface area contributed by atoms with Crippen molar-refractivity contribution in [3.8, 4) is 0 Å². The van der Waals surface area contributed by atoms with E-state index >= 15 is 0 Å². The number of carbonyl (C=O) groups excluding carboxylic acids is 3. The highest BCUT2D eigenvalue weighted by Crippen LogP contribution is 2.45. The van der Waals surface area contributed by atoms with Crippen LogP contribution in [0.15, 0.2) is 61.0 Å². The van der Waals surface area contributed by atoms with E-state index in [4.69, 9.17) is 51.0 Å². The zero-order valence-electron chi connectivity index (χ0n) is 33.8. The third-order valence-corrected chi connectivity index (χ3v) is 12.9. The number of ether oxygens (including phenoxy) is 1. The predicted molar refractivity (Wildman–Crippen MR) is 226 cm³/mol. The molecule has 4 saturated carbocycles. The number of rotatable bonds is 5. The van der Waals surface area contributed by atoms with E-state index in [0.717, 1.165) is 48.9 Å². The Morgan fingerprint density at radius 2 is 1.08 bits per heavy atom. The first-order chi connectivity index (χ1) is 28.4. The van der Waals surface area contributed by atoms with Crippen LogP contribution >= 0.6 is 34.8 Å². The normalized spacial score (nSPS) is 32.2. The summed E-state index contributed by atoms with van der Waals surface area (Å²) in [7, 11) is 0. The summed E-state index contributed by atoms with van der Waals surface area (Å²) in [4.78, 5) is 48.8. The molecule has 10 rings (SSSR count). The van der Waals surface area contributed by atoms with Gasteiger partial charge in [0.15, 0.2) is 22.6 Å². The Kier molecular flexibility index (Phi) is 14.9. The minimum absolute atomic E-state index is 0.0113. The second-order valence-corrected chi connectivity index (χ2v) is 18.7. The molecule has 2 aromatic rings. The van der Waals surface area contributed by atoms with Crippen LogP contribution in [-0.4, -0.2) is 55.5 Å². The first-order valence-electron chi connectivity index (χ1n) is 20.5. The third-order valence-electron chi connectivity index (χ3n) is 12.3. The average molecular weight is 890 g/mol. The van der Waals surface area contributed by atoms with Crippen LogP contribution in [0.2, 0.25) is 15.7 Å². The van der Waals surface area contributed by atoms with Crippen molar-refractivity contribution in [1.29, 1.82) is 0 Å². The SMILES string of the molecule is C1=C[C@H]2CC[C@@H]1C2.C1=C[C@H]2CC[C@@H]1C2.CC(C)(C)OC(=O)N[C@H]1[C@@H](C(N)=O)[C@@H]2C=C[C@H]1C2.Fc1cnc(Cl)nc1Cl.NC(=O)[C@@H]1[C@H](Nc2nc(Cl)ncc2F)[C@H]2C=C[C@@H]1C2. The molecule has 17 heteroatoms. The number of amides is 3. The number of halogens is 5. The highest BCUT2D eigenvalue weighted by molar-refractivity contribution is 6.31. The van der Waals surface area contributed by atoms with Gasteiger partial charge in [-0.3, -0.25) is 9.59 Å². The van der Waals surface area contributed by atoms with Gasteiger partial charge >= 0.3 is 6.09 Å². The van der Waals surface area contributed by atoms with E-state index in [2.05, 4.69) is 54.9 Å². The molecule has 0 aromatic carbocycles. The molecule has 12 nitrogen and oxygen atoms in total. The van der Waals surface area contributed by atoms with Gasteiger partial charge in [0.05, 0.1) is 30.3 Å². The van der Waals surface area contributed by atoms with Crippen molar-refractivity contribution in [2.45, 2.75) is 89.8 Å². The van der Waals surface area contributed by atoms with Crippen molar-refractivity contribution in [1.82, 2.24) is 25.3 Å². The first-order valence-corrected chi connectivity index (χ1v) is 21.7. The van der Waals surface area contributed by atoms with Crippen LogP contribution in [0.5, 0.6) is 0 Å². The minimum Gasteiger partial charge on any atom is -0.444 e. The summed E-state index contributed by atoms with van der Waals surface area (Å²) in [6.07, 6.45) is 29.6. The van der Waals surface area contributed by atoms with E-state index in [1.165, 1.54) is 38.5 Å². The maximum atomic E-state index is 13.6. The van der Waals surface area contributed by atoms with Gasteiger partial charge in [-0.25, -0.2) is 28.5 Å². The van der Waals surface area contributed by atoms with Crippen LogP contribution in [0.3, 0.4) is 0 Å². The molecular formula is C43H53Cl3F2N8O4. The fourth-order valence-corrected chi connectivity index (χ4v) is 10.1. The molecule has 2 heterocycles. The van der Waals surface area contributed by atoms with Crippen molar-refractivity contribution in [2.24, 2.45) is 70.6 Å². The van der Waals surface area contributed by atoms with Crippen molar-refractivity contribution < 1.29 is 27.9 Å². The summed E-state index contributed by atoms with van der Waals surface area (Å²) in [5.74, 6) is 1.96. The third kappa shape index (κ3) is 11.8. The van der Waals surface area contributed by atoms with Gasteiger partial charge in [0.1, 0.15) is 5.60 Å². The van der Waals surface area contributed by atoms with E-state index in [1.807, 2.05) is 24.3 Å². The number of nitrogens with zero attached hydrogens (tertiary/aromatic N) is 4. The summed E-state index contributed by atoms with van der Waals surface area (Å²) in [5, 5.41) is 5.38. The Bertz CT molecular complexity index is 1960. The van der Waals surface area contributed by atoms with Gasteiger partial charge < -0.3 is 26.8 Å². The highest BCUT2D eigenvalue weighted by Gasteiger charge is 2.49. The number of hydrogen-bond donors (Lipinski definition) is 4. The van der Waals surface area contributed by atoms with Crippen molar-refractivity contribution in [3.63, 3.8) is 0 Å². The Hall–Kier alpha value is -4.14. The molecule has 12 atom stereocenters. The number of allylic oxidation sites excluding steroid dienone is 6. The first kappa shape index (κ1) is 45.4. The molecular weight excluding hydrogens is 837 g/mol. The fraction of sp³-hybridized carbons (Fsp3) is 0.558. The van der Waals surface area contributed by atoms with Gasteiger partial charge in [-0.2, -0.15) is 4.98 Å². The fourth-order valence-electron chi connectivity index (χ4n) is 9.62. The number of hydrogen-bond acceptors (Lipinski definition) is 9. The zero-order chi connectivity index (χ0) is 43.3. The Labute approximate surface area is 364 Å². The quantitative estimate of drug-likeness (QED) is 0.130. The molecule has 0 radical (unpaired) electrons. The van der Waals surface area contributed by atoms with Gasteiger partial charge in [-0.05, 0) is 143 Å². The standard InChI is InChI=1S/C13H20N2O3.C12H12ClFN4O.2C7H10.C4HCl2FN2/c1-13(2,3)18-12(17)15-10-8-5-4-7(6-8)9(10)11(14)16;13-12-16-4-7(14)11(18-12)17-9-6-2-1-5(3-6)8(9)10(15)19;2*1-2-7-4-3-6(1)5-7;5-3-2(7)1-8-4(6)9-3/h4-5,7-10H,6H2,1-3H3,(H2,14,16)(H,15,17);1-2,4-6,8-9H,3H2,(H2,15,19)(H,16,17,18);2*1-2,6-7H,3-5H2;1H/t7-,8+,9+,10-;5-,6+,8+,9-;2*6-,7+;/m11.../s1. The van der Waals surface area contributed by atoms with Crippen LogP contribution in [-0.2, 0) is 14.3 Å². The largest absolute Gasteiger partial charge is 0.444 e. The van der Waals surface area contributed by atoms with E-state index in [9.17, 15) is 23.2 Å². The minimum atomic E-state index is -0.666. The second kappa shape index (κ2) is 19.7. The molecule has 3 amide bonds. The molecule has 60 heavy (non-hydrogen) atoms. The molecule has 4 fully saturated rings. The lowest BCUT2D eigenvalue weighted by molar-refractivity contribution is -0.123. The molecule has 8 aliphatic rings. The smallest absolute Gasteiger partial charge is 0.407 e. The number of primary amides is 2. The number of nitrogens with one attached hydrogen (secondary N) is 2. The Morgan fingerprint density at radius 1 is 0.650 bits per heavy atom. The van der Waals surface area contributed by atoms with Crippen LogP contribution in [0.4, 0.5) is 19.4 Å². The van der Waals surface area contributed by atoms with Crippen LogP contribution in [0.25, 0.3) is 0 Å². The van der Waals surface area contributed by atoms with E-state index in [0.29, 0.717) is 0 Å². The van der Waals surface area contributed by atoms with Gasteiger partial charge in [0.25, 0.3) is 0 Å². The lowest BCUT2D eigenvalue weighted by Gasteiger charge is -2.28. The van der Waals surface area contributed by atoms with Gasteiger partial charge in [0, 0.05) is 6.04 Å². The monoisotopic (exact) mass is 888 g/mol. The number of nitrogens with two attached hydrogens (primary N) is 2. The number of fused-ring (bicyclic) bond motifs is 8. The molecule has 6 N–H and O–H groups in total. The topological polar surface area (TPSA) is 188 Å². The van der Waals surface area contributed by atoms with Gasteiger partial charge in [0.2, 0.25) is 22.4 Å². The summed E-state index contributed by atoms with van der Waals surface area (Å²) in [6.45, 7) is 5.41. The molecule has 324 valence electrons. The average Bonchev–Trinajstić information content (AvgIpc) is 4.06. The number of alkyl carbamates (subject to hydrolysis) is 1. The number of anilines is 1. The summed E-state index contributed by atoms with van der Waals surface area (Å²) in [6, 6.07) is -0.472. The molecule has 8 aliphatic carbocycles. The summed E-state index contributed by atoms with van der Waals surface area (Å²) < 4.78 is 31.0. The molecule has 0 spiro atoms. The maximum Gasteiger partial charge on any atom is 0.407 e. The Morgan fingerprint density at radius 3 is 1.48 bits per heavy atom. The lowest BCUT2D eigenvalue weighted by Crippen LogP contribution is -2.48. The summed E-state index contributed by atoms with van der Waals surface area (Å²) in [5.41, 5.74) is 10.3. The molecule has 0 unspecified atom stereocenters. The predicted octanol–water partition coefficient (Wildman–Crippen LogP) is 8.41. The Balaban J connectivity index is 0.000000134. The number of carbonyl (C=O) groups is 3. The van der Waals surface area contributed by atoms with Gasteiger partial charge in [-0.1, -0.05) is 60.2 Å². The molecule has 2 aromatic heterocycles. The highest BCUT2D eigenvalue weighted by atomic mass is 35.5. The van der Waals surface area contributed by atoms with Crippen LogP contribution in [0, 0.1) is 70.8 Å². The van der Waals surface area contributed by atoms with Crippen molar-refractivity contribution in [2.75, 3.05) is 5.32 Å². The second-order valence-electron chi connectivity index (χ2n) is 17.6. The van der Waals surface area contributed by atoms with Crippen LogP contribution < -0.4 is 22.1 Å². The molecule has 8 bridgehead atoms. The number of aromatic nitrogens is 4. The molecule has 0 aliphatic heterocycles. The lowest BCUT2D eigenvalue weighted by atomic mass is 9.88. The maximum absolute atomic E-state index is 13.6.